The average molecular weight is 405 g/mol. The number of likely N-dealkylation sites (tertiary alicyclic amines) is 1. The smallest absolute Gasteiger partial charge is 0.267 e. The molecule has 6 nitrogen and oxygen atoms in total. The maximum absolute atomic E-state index is 12.5. The van der Waals surface area contributed by atoms with E-state index >= 15 is 0 Å². The molecule has 144 valence electrons. The molecule has 0 bridgehead atoms. The summed E-state index contributed by atoms with van der Waals surface area (Å²) in [5.41, 5.74) is 3.52. The molecule has 1 saturated heterocycles. The van der Waals surface area contributed by atoms with E-state index in [-0.39, 0.29) is 5.56 Å². The molecule has 2 aromatic heterocycles. The summed E-state index contributed by atoms with van der Waals surface area (Å²) in [4.78, 5) is 21.1. The Hall–Kier alpha value is -1.22. The molecule has 0 aromatic carbocycles. The van der Waals surface area contributed by atoms with E-state index in [0.29, 0.717) is 19.2 Å². The molecule has 5 rings (SSSR count). The first-order chi connectivity index (χ1) is 13.3. The van der Waals surface area contributed by atoms with Gasteiger partial charge in [0, 0.05) is 30.7 Å². The van der Waals surface area contributed by atoms with Crippen LogP contribution in [0.3, 0.4) is 0 Å². The van der Waals surface area contributed by atoms with Crippen LogP contribution in [0, 0.1) is 0 Å². The maximum Gasteiger partial charge on any atom is 0.267 e. The van der Waals surface area contributed by atoms with Gasteiger partial charge in [-0.2, -0.15) is 16.9 Å². The lowest BCUT2D eigenvalue weighted by Gasteiger charge is -2.24. The molecule has 3 aliphatic rings. The molecular weight excluding hydrogens is 380 g/mol. The Labute approximate surface area is 166 Å². The van der Waals surface area contributed by atoms with Crippen molar-refractivity contribution in [2.24, 2.45) is 0 Å². The molecule has 0 amide bonds. The lowest BCUT2D eigenvalue weighted by Crippen LogP contribution is -2.37. The summed E-state index contributed by atoms with van der Waals surface area (Å²) in [6.45, 7) is 4.13. The molecule has 0 saturated carbocycles. The zero-order valence-electron chi connectivity index (χ0n) is 15.4. The molecule has 0 N–H and O–H groups in total. The van der Waals surface area contributed by atoms with Crippen LogP contribution in [-0.4, -0.2) is 44.6 Å². The van der Waals surface area contributed by atoms with E-state index in [1.165, 1.54) is 22.0 Å². The number of nitrogens with zero attached hydrogens (tertiary/aromatic N) is 4. The van der Waals surface area contributed by atoms with Crippen molar-refractivity contribution in [3.63, 3.8) is 0 Å². The second kappa shape index (κ2) is 7.66. The third-order valence-electron chi connectivity index (χ3n) is 5.66. The minimum Gasteiger partial charge on any atom is -0.375 e. The summed E-state index contributed by atoms with van der Waals surface area (Å²) < 4.78 is 7.25. The van der Waals surface area contributed by atoms with Crippen LogP contribution < -0.4 is 5.56 Å². The van der Waals surface area contributed by atoms with Gasteiger partial charge in [0.15, 0.2) is 0 Å². The third kappa shape index (κ3) is 3.72. The lowest BCUT2D eigenvalue weighted by atomic mass is 10.2. The number of fused-ring (bicyclic) bond motifs is 2. The van der Waals surface area contributed by atoms with Crippen molar-refractivity contribution in [2.75, 3.05) is 18.9 Å². The van der Waals surface area contributed by atoms with Gasteiger partial charge in [-0.05, 0) is 30.7 Å². The molecule has 8 heteroatoms. The van der Waals surface area contributed by atoms with Crippen molar-refractivity contribution in [1.82, 2.24) is 19.7 Å². The molecule has 5 heterocycles. The van der Waals surface area contributed by atoms with Gasteiger partial charge in [-0.15, -0.1) is 11.3 Å². The van der Waals surface area contributed by atoms with Gasteiger partial charge in [-0.25, -0.2) is 9.67 Å². The second-order valence-corrected chi connectivity index (χ2v) is 9.76. The van der Waals surface area contributed by atoms with Gasteiger partial charge in [0.05, 0.1) is 42.6 Å². The van der Waals surface area contributed by atoms with Crippen LogP contribution in [0.4, 0.5) is 0 Å². The molecular formula is C19H24N4O2S2. The largest absolute Gasteiger partial charge is 0.375 e. The molecule has 0 aliphatic carbocycles. The molecule has 1 atom stereocenters. The predicted molar refractivity (Wildman–Crippen MR) is 107 cm³/mol. The van der Waals surface area contributed by atoms with Gasteiger partial charge in [0.1, 0.15) is 5.01 Å². The van der Waals surface area contributed by atoms with Crippen LogP contribution in [0.5, 0.6) is 0 Å². The maximum atomic E-state index is 12.5. The van der Waals surface area contributed by atoms with E-state index in [2.05, 4.69) is 4.90 Å². The fraction of sp³-hybridized carbons (Fsp3) is 0.632. The van der Waals surface area contributed by atoms with E-state index < -0.39 is 0 Å². The first kappa shape index (κ1) is 17.8. The highest BCUT2D eigenvalue weighted by atomic mass is 32.2. The summed E-state index contributed by atoms with van der Waals surface area (Å²) in [6.07, 6.45) is 4.20. The van der Waals surface area contributed by atoms with E-state index in [4.69, 9.17) is 14.8 Å². The van der Waals surface area contributed by atoms with E-state index in [0.717, 1.165) is 61.7 Å². The Balaban J connectivity index is 1.31. The van der Waals surface area contributed by atoms with Crippen LogP contribution in [0.1, 0.15) is 39.7 Å². The van der Waals surface area contributed by atoms with Crippen LogP contribution in [-0.2, 0) is 43.0 Å². The summed E-state index contributed by atoms with van der Waals surface area (Å²) >= 11 is 3.67. The highest BCUT2D eigenvalue weighted by Crippen LogP contribution is 2.28. The molecule has 2 aromatic rings. The number of rotatable bonds is 4. The molecule has 1 unspecified atom stereocenters. The molecule has 0 spiro atoms. The van der Waals surface area contributed by atoms with Gasteiger partial charge in [-0.1, -0.05) is 0 Å². The highest BCUT2D eigenvalue weighted by Gasteiger charge is 2.27. The van der Waals surface area contributed by atoms with Gasteiger partial charge in [0.2, 0.25) is 0 Å². The minimum atomic E-state index is 0.0463. The normalized spacial score (nSPS) is 22.6. The molecule has 0 radical (unpaired) electrons. The van der Waals surface area contributed by atoms with Crippen LogP contribution >= 0.6 is 23.1 Å². The number of aryl methyl sites for hydroxylation is 1. The number of aromatic nitrogens is 3. The van der Waals surface area contributed by atoms with Crippen molar-refractivity contribution < 1.29 is 4.74 Å². The number of ether oxygens (including phenoxy) is 1. The number of hydrogen-bond donors (Lipinski definition) is 0. The second-order valence-electron chi connectivity index (χ2n) is 7.49. The SMILES string of the molecule is O=c1cc2c(nn1CC1CCCN1Cc1nc3c(s1)COCC3)CCSC2. The third-order valence-corrected chi connectivity index (χ3v) is 7.73. The van der Waals surface area contributed by atoms with Crippen LogP contribution in [0.2, 0.25) is 0 Å². The Morgan fingerprint density at radius 1 is 1.30 bits per heavy atom. The summed E-state index contributed by atoms with van der Waals surface area (Å²) in [7, 11) is 0. The van der Waals surface area contributed by atoms with Crippen molar-refractivity contribution in [2.45, 2.75) is 57.2 Å². The monoisotopic (exact) mass is 404 g/mol. The lowest BCUT2D eigenvalue weighted by molar-refractivity contribution is 0.112. The average Bonchev–Trinajstić information content (AvgIpc) is 3.29. The zero-order valence-corrected chi connectivity index (χ0v) is 17.0. The summed E-state index contributed by atoms with van der Waals surface area (Å²) in [5.74, 6) is 2.03. The van der Waals surface area contributed by atoms with Gasteiger partial charge >= 0.3 is 0 Å². The number of thiazole rings is 1. The zero-order chi connectivity index (χ0) is 18.2. The minimum absolute atomic E-state index is 0.0463. The van der Waals surface area contributed by atoms with Crippen LogP contribution in [0.15, 0.2) is 10.9 Å². The van der Waals surface area contributed by atoms with Gasteiger partial charge < -0.3 is 4.74 Å². The summed E-state index contributed by atoms with van der Waals surface area (Å²) in [6, 6.07) is 2.17. The fourth-order valence-corrected chi connectivity index (χ4v) is 6.24. The molecule has 3 aliphatic heterocycles. The Morgan fingerprint density at radius 2 is 2.26 bits per heavy atom. The molecule has 27 heavy (non-hydrogen) atoms. The van der Waals surface area contributed by atoms with Crippen molar-refractivity contribution in [1.29, 1.82) is 0 Å². The Morgan fingerprint density at radius 3 is 3.19 bits per heavy atom. The Bertz CT molecular complexity index is 871. The summed E-state index contributed by atoms with van der Waals surface area (Å²) in [5, 5.41) is 5.89. The van der Waals surface area contributed by atoms with Crippen LogP contribution in [0.25, 0.3) is 0 Å². The van der Waals surface area contributed by atoms with E-state index in [1.54, 1.807) is 16.0 Å². The van der Waals surface area contributed by atoms with Crippen molar-refractivity contribution >= 4 is 23.1 Å². The van der Waals surface area contributed by atoms with E-state index in [1.807, 2.05) is 17.8 Å². The fourth-order valence-electron chi connectivity index (χ4n) is 4.21. The van der Waals surface area contributed by atoms with Crippen molar-refractivity contribution in [3.05, 3.63) is 43.3 Å². The first-order valence-electron chi connectivity index (χ1n) is 9.73. The van der Waals surface area contributed by atoms with Crippen molar-refractivity contribution in [3.8, 4) is 0 Å². The molecule has 1 fully saturated rings. The first-order valence-corrected chi connectivity index (χ1v) is 11.7. The van der Waals surface area contributed by atoms with Gasteiger partial charge in [-0.3, -0.25) is 9.69 Å². The number of thioether (sulfide) groups is 1. The topological polar surface area (TPSA) is 60.2 Å². The number of hydrogen-bond acceptors (Lipinski definition) is 7. The standard InChI is InChI=1S/C19H24N4O2S2/c24-19-8-13-12-26-7-4-15(13)21-23(19)9-14-2-1-5-22(14)10-18-20-16-3-6-25-11-17(16)27-18/h8,14H,1-7,9-12H2. The predicted octanol–water partition coefficient (Wildman–Crippen LogP) is 2.23. The Kier molecular flexibility index (Phi) is 5.06. The van der Waals surface area contributed by atoms with E-state index in [9.17, 15) is 4.79 Å². The van der Waals surface area contributed by atoms with Gasteiger partial charge in [0.25, 0.3) is 5.56 Å². The highest BCUT2D eigenvalue weighted by molar-refractivity contribution is 7.98. The quantitative estimate of drug-likeness (QED) is 0.779.